The minimum atomic E-state index is -3.35. The van der Waals surface area contributed by atoms with Gasteiger partial charge in [0.05, 0.1) is 31.2 Å². The number of hydrogen-bond donors (Lipinski definition) is 1. The zero-order valence-electron chi connectivity index (χ0n) is 21.6. The average Bonchev–Trinajstić information content (AvgIpc) is 3.29. The van der Waals surface area contributed by atoms with Crippen LogP contribution in [0.5, 0.6) is 11.5 Å². The molecule has 0 aliphatic rings. The standard InChI is InChI=1S/C26H31F2N2O6PS.CH4/c1-5-34-37(32,35-6-2)15-21-16-38-25(29-21)30-24(31)19-12-22(14-23(13-19)36-18(3)4)33-17-26(27,28)20-10-8-7-9-11-20;/h7-14,16,18H,5-6,15,17H2,1-4H3,(H,29,30,31);1H4. The highest BCUT2D eigenvalue weighted by molar-refractivity contribution is 7.53. The molecule has 0 bridgehead atoms. The van der Waals surface area contributed by atoms with E-state index in [9.17, 15) is 18.1 Å². The first-order valence-electron chi connectivity index (χ1n) is 12.1. The van der Waals surface area contributed by atoms with E-state index in [2.05, 4.69) is 10.3 Å². The molecule has 39 heavy (non-hydrogen) atoms. The Morgan fingerprint density at radius 1 is 1.08 bits per heavy atom. The van der Waals surface area contributed by atoms with Gasteiger partial charge in [0, 0.05) is 22.6 Å². The minimum absolute atomic E-state index is 0. The van der Waals surface area contributed by atoms with E-state index in [0.717, 1.165) is 11.3 Å². The molecule has 3 aromatic rings. The third-order valence-electron chi connectivity index (χ3n) is 4.91. The number of ether oxygens (including phenoxy) is 2. The van der Waals surface area contributed by atoms with Gasteiger partial charge in [0.2, 0.25) is 0 Å². The number of nitrogens with zero attached hydrogens (tertiary/aromatic N) is 1. The van der Waals surface area contributed by atoms with Crippen LogP contribution in [0.4, 0.5) is 13.9 Å². The zero-order valence-corrected chi connectivity index (χ0v) is 23.3. The van der Waals surface area contributed by atoms with Gasteiger partial charge >= 0.3 is 13.5 Å². The van der Waals surface area contributed by atoms with E-state index in [1.165, 1.54) is 42.5 Å². The maximum absolute atomic E-state index is 14.6. The van der Waals surface area contributed by atoms with Gasteiger partial charge < -0.3 is 18.5 Å². The van der Waals surface area contributed by atoms with E-state index in [-0.39, 0.29) is 54.9 Å². The van der Waals surface area contributed by atoms with Crippen molar-refractivity contribution in [2.45, 2.75) is 53.3 Å². The van der Waals surface area contributed by atoms with E-state index in [1.807, 2.05) is 0 Å². The first kappa shape index (κ1) is 32.4. The van der Waals surface area contributed by atoms with Gasteiger partial charge in [0.1, 0.15) is 11.5 Å². The second-order valence-electron chi connectivity index (χ2n) is 8.42. The van der Waals surface area contributed by atoms with E-state index < -0.39 is 26.0 Å². The Morgan fingerprint density at radius 2 is 1.72 bits per heavy atom. The zero-order chi connectivity index (χ0) is 27.8. The van der Waals surface area contributed by atoms with Gasteiger partial charge in [-0.1, -0.05) is 37.8 Å². The van der Waals surface area contributed by atoms with Crippen LogP contribution in [0.2, 0.25) is 0 Å². The summed E-state index contributed by atoms with van der Waals surface area (Å²) in [7, 11) is -3.35. The Labute approximate surface area is 232 Å². The van der Waals surface area contributed by atoms with Crippen molar-refractivity contribution in [1.82, 2.24) is 4.98 Å². The molecule has 0 atom stereocenters. The van der Waals surface area contributed by atoms with Gasteiger partial charge in [-0.2, -0.15) is 8.78 Å². The number of rotatable bonds is 14. The Kier molecular flexibility index (Phi) is 12.0. The van der Waals surface area contributed by atoms with Crippen LogP contribution in [0.15, 0.2) is 53.9 Å². The number of thiazole rings is 1. The number of halogens is 2. The molecular weight excluding hydrogens is 549 g/mol. The molecule has 0 spiro atoms. The minimum Gasteiger partial charge on any atom is -0.491 e. The van der Waals surface area contributed by atoms with Crippen molar-refractivity contribution < 1.29 is 36.7 Å². The van der Waals surface area contributed by atoms with Crippen molar-refractivity contribution in [1.29, 1.82) is 0 Å². The maximum atomic E-state index is 14.6. The van der Waals surface area contributed by atoms with E-state index in [0.29, 0.717) is 11.4 Å². The highest BCUT2D eigenvalue weighted by Crippen LogP contribution is 2.51. The number of carbonyl (C=O) groups excluding carboxylic acids is 1. The van der Waals surface area contributed by atoms with E-state index in [1.54, 1.807) is 39.1 Å². The lowest BCUT2D eigenvalue weighted by molar-refractivity contribution is -0.0467. The van der Waals surface area contributed by atoms with Crippen LogP contribution in [0, 0.1) is 0 Å². The molecule has 8 nitrogen and oxygen atoms in total. The lowest BCUT2D eigenvalue weighted by Crippen LogP contribution is -2.23. The molecule has 1 heterocycles. The molecule has 0 aliphatic carbocycles. The van der Waals surface area contributed by atoms with Crippen molar-refractivity contribution >= 4 is 30.0 Å². The molecule has 0 radical (unpaired) electrons. The third kappa shape index (κ3) is 9.69. The quantitative estimate of drug-likeness (QED) is 0.194. The summed E-state index contributed by atoms with van der Waals surface area (Å²) in [4.78, 5) is 17.3. The van der Waals surface area contributed by atoms with Gasteiger partial charge in [-0.3, -0.25) is 14.7 Å². The Balaban J connectivity index is 0.00000533. The summed E-state index contributed by atoms with van der Waals surface area (Å²) in [6, 6.07) is 11.7. The smallest absolute Gasteiger partial charge is 0.336 e. The summed E-state index contributed by atoms with van der Waals surface area (Å²) in [5.74, 6) is -3.44. The molecule has 0 unspecified atom stereocenters. The van der Waals surface area contributed by atoms with Crippen molar-refractivity contribution in [2.75, 3.05) is 25.1 Å². The van der Waals surface area contributed by atoms with Crippen molar-refractivity contribution in [3.8, 4) is 11.5 Å². The average molecular weight is 585 g/mol. The summed E-state index contributed by atoms with van der Waals surface area (Å²) >= 11 is 1.14. The fourth-order valence-electron chi connectivity index (χ4n) is 3.39. The number of aromatic nitrogens is 1. The largest absolute Gasteiger partial charge is 0.491 e. The molecule has 0 aliphatic heterocycles. The number of benzene rings is 2. The van der Waals surface area contributed by atoms with Gasteiger partial charge in [0.15, 0.2) is 11.7 Å². The van der Waals surface area contributed by atoms with Crippen molar-refractivity contribution in [2.24, 2.45) is 0 Å². The SMILES string of the molecule is C.CCOP(=O)(Cc1csc(NC(=O)c2cc(OCC(F)(F)c3ccccc3)cc(OC(C)C)c2)n1)OCC. The summed E-state index contributed by atoms with van der Waals surface area (Å²) in [5, 5.41) is 4.59. The van der Waals surface area contributed by atoms with Crippen LogP contribution in [0.3, 0.4) is 0 Å². The predicted molar refractivity (Wildman–Crippen MR) is 149 cm³/mol. The number of hydrogen-bond acceptors (Lipinski definition) is 8. The highest BCUT2D eigenvalue weighted by Gasteiger charge is 2.32. The summed E-state index contributed by atoms with van der Waals surface area (Å²) in [6.45, 7) is 6.57. The van der Waals surface area contributed by atoms with Crippen LogP contribution in [0.1, 0.15) is 56.7 Å². The van der Waals surface area contributed by atoms with E-state index in [4.69, 9.17) is 18.5 Å². The van der Waals surface area contributed by atoms with E-state index >= 15 is 0 Å². The van der Waals surface area contributed by atoms with Gasteiger partial charge in [-0.15, -0.1) is 11.3 Å². The number of anilines is 1. The first-order chi connectivity index (χ1) is 18.0. The molecule has 1 aromatic heterocycles. The van der Waals surface area contributed by atoms with Crippen molar-refractivity contribution in [3.63, 3.8) is 0 Å². The molecule has 0 fully saturated rings. The second-order valence-corrected chi connectivity index (χ2v) is 11.3. The van der Waals surface area contributed by atoms with Crippen molar-refractivity contribution in [3.05, 3.63) is 70.7 Å². The molecule has 12 heteroatoms. The second kappa shape index (κ2) is 14.5. The number of amides is 1. The number of alkyl halides is 2. The Hall–Kier alpha value is -2.85. The van der Waals surface area contributed by atoms with Gasteiger partial charge in [-0.05, 0) is 39.8 Å². The van der Waals surface area contributed by atoms with Crippen LogP contribution >= 0.6 is 18.9 Å². The fourth-order valence-corrected chi connectivity index (χ4v) is 5.82. The summed E-state index contributed by atoms with van der Waals surface area (Å²) in [5.41, 5.74) is 0.400. The Morgan fingerprint density at radius 3 is 2.33 bits per heavy atom. The van der Waals surface area contributed by atoms with Crippen LogP contribution < -0.4 is 14.8 Å². The molecule has 1 N–H and O–H groups in total. The predicted octanol–water partition coefficient (Wildman–Crippen LogP) is 7.76. The normalized spacial score (nSPS) is 11.7. The molecule has 1 amide bonds. The maximum Gasteiger partial charge on any atom is 0.336 e. The molecular formula is C27H35F2N2O6PS. The molecule has 0 saturated heterocycles. The fraction of sp³-hybridized carbons (Fsp3) is 0.407. The first-order valence-corrected chi connectivity index (χ1v) is 14.7. The highest BCUT2D eigenvalue weighted by atomic mass is 32.1. The Bertz CT molecular complexity index is 1250. The van der Waals surface area contributed by atoms with Crippen LogP contribution in [-0.4, -0.2) is 36.8 Å². The summed E-state index contributed by atoms with van der Waals surface area (Å²) < 4.78 is 63.7. The monoisotopic (exact) mass is 584 g/mol. The molecule has 3 rings (SSSR count). The lowest BCUT2D eigenvalue weighted by atomic mass is 10.1. The van der Waals surface area contributed by atoms with Crippen LogP contribution in [-0.2, 0) is 25.7 Å². The molecule has 0 saturated carbocycles. The lowest BCUT2D eigenvalue weighted by Gasteiger charge is -2.19. The molecule has 2 aromatic carbocycles. The number of nitrogens with one attached hydrogen (secondary N) is 1. The van der Waals surface area contributed by atoms with Crippen LogP contribution in [0.25, 0.3) is 0 Å². The van der Waals surface area contributed by atoms with Gasteiger partial charge in [0.25, 0.3) is 5.91 Å². The number of carbonyl (C=O) groups is 1. The molecule has 214 valence electrons. The third-order valence-corrected chi connectivity index (χ3v) is 7.73. The summed E-state index contributed by atoms with van der Waals surface area (Å²) in [6.07, 6.45) is -0.258. The topological polar surface area (TPSA) is 96.0 Å². The van der Waals surface area contributed by atoms with Gasteiger partial charge in [-0.25, -0.2) is 4.98 Å².